The third-order valence-electron chi connectivity index (χ3n) is 4.93. The van der Waals surface area contributed by atoms with Crippen LogP contribution in [0.15, 0.2) is 72.9 Å². The lowest BCUT2D eigenvalue weighted by Crippen LogP contribution is -2.17. The molecule has 0 radical (unpaired) electrons. The van der Waals surface area contributed by atoms with Gasteiger partial charge in [-0.1, -0.05) is 48.0 Å². The van der Waals surface area contributed by atoms with Gasteiger partial charge in [0.1, 0.15) is 18.2 Å². The molecule has 0 saturated carbocycles. The molecule has 4 rings (SSSR count). The van der Waals surface area contributed by atoms with Crippen molar-refractivity contribution in [3.05, 3.63) is 100 Å². The predicted octanol–water partition coefficient (Wildman–Crippen LogP) is 5.87. The van der Waals surface area contributed by atoms with Crippen molar-refractivity contribution in [3.8, 4) is 5.75 Å². The maximum absolute atomic E-state index is 13.8. The van der Waals surface area contributed by atoms with Crippen LogP contribution in [0.3, 0.4) is 0 Å². The molecule has 1 heterocycles. The molecule has 0 amide bonds. The van der Waals surface area contributed by atoms with Crippen LogP contribution in [-0.2, 0) is 19.6 Å². The number of aromatic nitrogens is 1. The topological polar surface area (TPSA) is 37.0 Å². The van der Waals surface area contributed by atoms with Gasteiger partial charge in [0.25, 0.3) is 0 Å². The van der Waals surface area contributed by atoms with E-state index < -0.39 is 0 Å². The second-order valence-corrected chi connectivity index (χ2v) is 7.35. The molecular formula is C24H22ClFN2O. The van der Waals surface area contributed by atoms with Crippen LogP contribution in [0.1, 0.15) is 16.7 Å². The molecule has 148 valence electrons. The number of halogens is 2. The lowest BCUT2D eigenvalue weighted by atomic mass is 10.1. The molecule has 1 aromatic heterocycles. The van der Waals surface area contributed by atoms with Gasteiger partial charge in [-0.15, -0.1) is 0 Å². The largest absolute Gasteiger partial charge is 0.488 e. The van der Waals surface area contributed by atoms with Gasteiger partial charge in [0.05, 0.1) is 0 Å². The molecule has 5 heteroatoms. The number of nitrogens with one attached hydrogen (secondary N) is 2. The highest BCUT2D eigenvalue weighted by Gasteiger charge is 2.08. The lowest BCUT2D eigenvalue weighted by Gasteiger charge is -2.13. The average Bonchev–Trinajstić information content (AvgIpc) is 3.15. The lowest BCUT2D eigenvalue weighted by molar-refractivity contribution is 0.296. The van der Waals surface area contributed by atoms with Crippen molar-refractivity contribution < 1.29 is 9.13 Å². The molecule has 0 fully saturated rings. The monoisotopic (exact) mass is 408 g/mol. The number of H-pyrrole nitrogens is 1. The summed E-state index contributed by atoms with van der Waals surface area (Å²) in [5.41, 5.74) is 3.92. The van der Waals surface area contributed by atoms with E-state index in [0.29, 0.717) is 22.9 Å². The number of fused-ring (bicyclic) bond motifs is 1. The third-order valence-corrected chi connectivity index (χ3v) is 5.16. The van der Waals surface area contributed by atoms with Gasteiger partial charge < -0.3 is 15.0 Å². The number of ether oxygens (including phenoxy) is 1. The van der Waals surface area contributed by atoms with E-state index in [4.69, 9.17) is 16.3 Å². The van der Waals surface area contributed by atoms with Gasteiger partial charge in [0.2, 0.25) is 0 Å². The molecule has 0 bridgehead atoms. The first-order valence-corrected chi connectivity index (χ1v) is 9.99. The summed E-state index contributed by atoms with van der Waals surface area (Å²) in [4.78, 5) is 3.30. The summed E-state index contributed by atoms with van der Waals surface area (Å²) in [5.74, 6) is 0.442. The molecule has 0 unspecified atom stereocenters. The SMILES string of the molecule is Fc1ccccc1COc1ccc(Cl)cc1CNCCc1c[nH]c2ccccc12. The summed E-state index contributed by atoms with van der Waals surface area (Å²) >= 11 is 6.17. The molecule has 3 aromatic carbocycles. The Bertz CT molecular complexity index is 1110. The Balaban J connectivity index is 1.36. The minimum absolute atomic E-state index is 0.177. The number of para-hydroxylation sites is 1. The minimum atomic E-state index is -0.264. The Kier molecular flexibility index (Phi) is 6.13. The summed E-state index contributed by atoms with van der Waals surface area (Å²) < 4.78 is 19.7. The van der Waals surface area contributed by atoms with Gasteiger partial charge in [-0.3, -0.25) is 0 Å². The highest BCUT2D eigenvalue weighted by atomic mass is 35.5. The van der Waals surface area contributed by atoms with Gasteiger partial charge in [0, 0.05) is 39.8 Å². The summed E-state index contributed by atoms with van der Waals surface area (Å²) in [7, 11) is 0. The molecular weight excluding hydrogens is 387 g/mol. The van der Waals surface area contributed by atoms with Crippen LogP contribution < -0.4 is 10.1 Å². The molecule has 0 atom stereocenters. The highest BCUT2D eigenvalue weighted by molar-refractivity contribution is 6.30. The maximum Gasteiger partial charge on any atom is 0.129 e. The molecule has 0 aliphatic rings. The van der Waals surface area contributed by atoms with E-state index in [9.17, 15) is 4.39 Å². The van der Waals surface area contributed by atoms with Crippen molar-refractivity contribution in [1.29, 1.82) is 0 Å². The Hall–Kier alpha value is -2.82. The molecule has 0 saturated heterocycles. The van der Waals surface area contributed by atoms with Crippen molar-refractivity contribution >= 4 is 22.5 Å². The number of rotatable bonds is 8. The Labute approximate surface area is 174 Å². The van der Waals surface area contributed by atoms with E-state index >= 15 is 0 Å². The van der Waals surface area contributed by atoms with E-state index in [2.05, 4.69) is 34.7 Å². The first-order valence-electron chi connectivity index (χ1n) is 9.61. The zero-order valence-electron chi connectivity index (χ0n) is 15.9. The second-order valence-electron chi connectivity index (χ2n) is 6.92. The van der Waals surface area contributed by atoms with Crippen molar-refractivity contribution in [2.24, 2.45) is 0 Å². The van der Waals surface area contributed by atoms with E-state index in [0.717, 1.165) is 24.0 Å². The average molecular weight is 409 g/mol. The minimum Gasteiger partial charge on any atom is -0.488 e. The number of aromatic amines is 1. The van der Waals surface area contributed by atoms with Gasteiger partial charge >= 0.3 is 0 Å². The quantitative estimate of drug-likeness (QED) is 0.358. The number of hydrogen-bond acceptors (Lipinski definition) is 2. The molecule has 4 aromatic rings. The molecule has 29 heavy (non-hydrogen) atoms. The van der Waals surface area contributed by atoms with E-state index in [1.165, 1.54) is 17.0 Å². The van der Waals surface area contributed by atoms with Crippen LogP contribution in [0.4, 0.5) is 4.39 Å². The number of benzene rings is 3. The normalized spacial score (nSPS) is 11.1. The van der Waals surface area contributed by atoms with Crippen LogP contribution >= 0.6 is 11.6 Å². The standard InChI is InChI=1S/C24H22ClFN2O/c25-20-9-10-24(29-16-18-5-1-3-7-22(18)26)19(13-20)14-27-12-11-17-15-28-23-8-4-2-6-21(17)23/h1-10,13,15,27-28H,11-12,14,16H2. The van der Waals surface area contributed by atoms with Gasteiger partial charge in [0.15, 0.2) is 0 Å². The first kappa shape index (κ1) is 19.5. The van der Waals surface area contributed by atoms with Crippen LogP contribution in [0, 0.1) is 5.82 Å². The van der Waals surface area contributed by atoms with Crippen molar-refractivity contribution in [2.75, 3.05) is 6.54 Å². The van der Waals surface area contributed by atoms with Gasteiger partial charge in [-0.2, -0.15) is 0 Å². The van der Waals surface area contributed by atoms with E-state index in [1.54, 1.807) is 24.3 Å². The maximum atomic E-state index is 13.8. The summed E-state index contributed by atoms with van der Waals surface area (Å²) in [6.07, 6.45) is 2.98. The summed E-state index contributed by atoms with van der Waals surface area (Å²) in [6.45, 7) is 1.62. The van der Waals surface area contributed by atoms with E-state index in [-0.39, 0.29) is 12.4 Å². The Morgan fingerprint density at radius 3 is 2.66 bits per heavy atom. The van der Waals surface area contributed by atoms with Gasteiger partial charge in [-0.05, 0) is 48.9 Å². The molecule has 2 N–H and O–H groups in total. The van der Waals surface area contributed by atoms with Crippen molar-refractivity contribution in [1.82, 2.24) is 10.3 Å². The molecule has 0 aliphatic heterocycles. The molecule has 0 aliphatic carbocycles. The number of hydrogen-bond donors (Lipinski definition) is 2. The Morgan fingerprint density at radius 1 is 0.931 bits per heavy atom. The highest BCUT2D eigenvalue weighted by Crippen LogP contribution is 2.24. The third kappa shape index (κ3) is 4.78. The predicted molar refractivity (Wildman–Crippen MR) is 116 cm³/mol. The van der Waals surface area contributed by atoms with E-state index in [1.807, 2.05) is 18.2 Å². The fourth-order valence-corrected chi connectivity index (χ4v) is 3.58. The Morgan fingerprint density at radius 2 is 1.76 bits per heavy atom. The molecule has 0 spiro atoms. The zero-order valence-corrected chi connectivity index (χ0v) is 16.7. The van der Waals surface area contributed by atoms with Crippen LogP contribution in [0.2, 0.25) is 5.02 Å². The fraction of sp³-hybridized carbons (Fsp3) is 0.167. The van der Waals surface area contributed by atoms with Crippen LogP contribution in [-0.4, -0.2) is 11.5 Å². The van der Waals surface area contributed by atoms with Crippen LogP contribution in [0.25, 0.3) is 10.9 Å². The van der Waals surface area contributed by atoms with Gasteiger partial charge in [-0.25, -0.2) is 4.39 Å². The fourth-order valence-electron chi connectivity index (χ4n) is 3.38. The molecule has 3 nitrogen and oxygen atoms in total. The van der Waals surface area contributed by atoms with Crippen LogP contribution in [0.5, 0.6) is 5.75 Å². The summed E-state index contributed by atoms with van der Waals surface area (Å²) in [6, 6.07) is 20.4. The smallest absolute Gasteiger partial charge is 0.129 e. The van der Waals surface area contributed by atoms with Crippen molar-refractivity contribution in [3.63, 3.8) is 0 Å². The second kappa shape index (κ2) is 9.12. The zero-order chi connectivity index (χ0) is 20.1. The first-order chi connectivity index (χ1) is 14.2. The summed E-state index contributed by atoms with van der Waals surface area (Å²) in [5, 5.41) is 5.36. The van der Waals surface area contributed by atoms with Crippen molar-refractivity contribution in [2.45, 2.75) is 19.6 Å².